The number of aryl methyl sites for hydroxylation is 1. The van der Waals surface area contributed by atoms with Gasteiger partial charge in [0, 0.05) is 17.9 Å². The third-order valence-electron chi connectivity index (χ3n) is 1.72. The van der Waals surface area contributed by atoms with Crippen LogP contribution < -0.4 is 4.74 Å². The number of hydrogen-bond donors (Lipinski definition) is 1. The van der Waals surface area contributed by atoms with Crippen molar-refractivity contribution < 1.29 is 9.66 Å². The molecule has 14 heavy (non-hydrogen) atoms. The Kier molecular flexibility index (Phi) is 3.76. The molecule has 0 amide bonds. The molecule has 0 aliphatic rings. The summed E-state index contributed by atoms with van der Waals surface area (Å²) in [5.41, 5.74) is 0.849. The van der Waals surface area contributed by atoms with Crippen molar-refractivity contribution in [1.29, 1.82) is 0 Å². The van der Waals surface area contributed by atoms with Crippen molar-refractivity contribution in [2.75, 3.05) is 12.4 Å². The molecule has 0 atom stereocenters. The van der Waals surface area contributed by atoms with Gasteiger partial charge in [-0.05, 0) is 18.6 Å². The maximum absolute atomic E-state index is 10.4. The third-order valence-corrected chi connectivity index (χ3v) is 1.90. The number of ether oxygens (including phenoxy) is 1. The smallest absolute Gasteiger partial charge is 0.269 e. The summed E-state index contributed by atoms with van der Waals surface area (Å²) in [5.74, 6) is 1.29. The Labute approximate surface area is 87.4 Å². The summed E-state index contributed by atoms with van der Waals surface area (Å²) < 4.78 is 5.32. The Morgan fingerprint density at radius 2 is 2.29 bits per heavy atom. The highest BCUT2D eigenvalue weighted by Crippen LogP contribution is 2.22. The molecule has 0 radical (unpaired) electrons. The Morgan fingerprint density at radius 3 is 2.79 bits per heavy atom. The number of nitrogens with zero attached hydrogens (tertiary/aromatic N) is 1. The molecule has 0 fully saturated rings. The van der Waals surface area contributed by atoms with Gasteiger partial charge >= 0.3 is 0 Å². The highest BCUT2D eigenvalue weighted by molar-refractivity contribution is 7.80. The second-order valence-corrected chi connectivity index (χ2v) is 3.23. The van der Waals surface area contributed by atoms with Gasteiger partial charge in [-0.3, -0.25) is 10.1 Å². The molecule has 0 bridgehead atoms. The summed E-state index contributed by atoms with van der Waals surface area (Å²) in [6.45, 7) is 2.28. The third kappa shape index (κ3) is 2.63. The normalized spacial score (nSPS) is 9.86. The minimum Gasteiger partial charge on any atom is -0.492 e. The van der Waals surface area contributed by atoms with Gasteiger partial charge in [0.1, 0.15) is 5.75 Å². The number of nitro groups is 1. The molecule has 0 saturated heterocycles. The molecule has 0 saturated carbocycles. The highest BCUT2D eigenvalue weighted by Gasteiger charge is 2.08. The Hall–Kier alpha value is -1.23. The van der Waals surface area contributed by atoms with Crippen molar-refractivity contribution in [3.8, 4) is 5.75 Å². The number of rotatable bonds is 4. The largest absolute Gasteiger partial charge is 0.492 e. The molecule has 0 aromatic heterocycles. The van der Waals surface area contributed by atoms with Gasteiger partial charge in [-0.2, -0.15) is 12.6 Å². The Morgan fingerprint density at radius 1 is 1.57 bits per heavy atom. The lowest BCUT2D eigenvalue weighted by Crippen LogP contribution is -2.00. The topological polar surface area (TPSA) is 52.4 Å². The maximum atomic E-state index is 10.4. The predicted molar refractivity (Wildman–Crippen MR) is 57.2 cm³/mol. The van der Waals surface area contributed by atoms with Gasteiger partial charge in [-0.15, -0.1) is 0 Å². The van der Waals surface area contributed by atoms with E-state index in [1.54, 1.807) is 13.0 Å². The monoisotopic (exact) mass is 213 g/mol. The van der Waals surface area contributed by atoms with E-state index in [2.05, 4.69) is 12.6 Å². The lowest BCUT2D eigenvalue weighted by Gasteiger charge is -2.06. The molecule has 1 rings (SSSR count). The summed E-state index contributed by atoms with van der Waals surface area (Å²) in [4.78, 5) is 10.0. The fraction of sp³-hybridized carbons (Fsp3) is 0.333. The summed E-state index contributed by atoms with van der Waals surface area (Å²) in [6, 6.07) is 4.53. The quantitative estimate of drug-likeness (QED) is 0.474. The molecular weight excluding hydrogens is 202 g/mol. The number of nitro benzene ring substituents is 1. The Balaban J connectivity index is 2.84. The molecule has 1 aromatic carbocycles. The first-order valence-corrected chi connectivity index (χ1v) is 4.77. The number of non-ortho nitro benzene ring substituents is 1. The molecule has 76 valence electrons. The summed E-state index contributed by atoms with van der Waals surface area (Å²) >= 11 is 4.00. The van der Waals surface area contributed by atoms with E-state index in [0.29, 0.717) is 18.1 Å². The van der Waals surface area contributed by atoms with Crippen LogP contribution in [0.1, 0.15) is 5.56 Å². The van der Waals surface area contributed by atoms with Crippen molar-refractivity contribution in [2.24, 2.45) is 0 Å². The second kappa shape index (κ2) is 4.85. The standard InChI is InChI=1S/C9H11NO3S/c1-7-6-8(10(11)12)2-3-9(7)13-4-5-14/h2-3,6,14H,4-5H2,1H3. The van der Waals surface area contributed by atoms with E-state index in [-0.39, 0.29) is 5.69 Å². The molecular formula is C9H11NO3S. The lowest BCUT2D eigenvalue weighted by atomic mass is 10.2. The van der Waals surface area contributed by atoms with Crippen LogP contribution in [-0.2, 0) is 0 Å². The molecule has 0 unspecified atom stereocenters. The summed E-state index contributed by atoms with van der Waals surface area (Å²) in [7, 11) is 0. The average molecular weight is 213 g/mol. The van der Waals surface area contributed by atoms with Crippen LogP contribution in [0.3, 0.4) is 0 Å². The molecule has 0 spiro atoms. The van der Waals surface area contributed by atoms with E-state index in [9.17, 15) is 10.1 Å². The van der Waals surface area contributed by atoms with Crippen LogP contribution in [0.25, 0.3) is 0 Å². The molecule has 0 aliphatic heterocycles. The van der Waals surface area contributed by atoms with Crippen molar-refractivity contribution in [3.05, 3.63) is 33.9 Å². The Bertz CT molecular complexity index is 341. The van der Waals surface area contributed by atoms with E-state index < -0.39 is 4.92 Å². The first kappa shape index (κ1) is 10.8. The van der Waals surface area contributed by atoms with Crippen LogP contribution in [0.4, 0.5) is 5.69 Å². The van der Waals surface area contributed by atoms with E-state index in [0.717, 1.165) is 5.56 Å². The fourth-order valence-electron chi connectivity index (χ4n) is 1.06. The van der Waals surface area contributed by atoms with E-state index >= 15 is 0 Å². The van der Waals surface area contributed by atoms with Crippen LogP contribution >= 0.6 is 12.6 Å². The van der Waals surface area contributed by atoms with E-state index in [1.165, 1.54) is 12.1 Å². The van der Waals surface area contributed by atoms with Crippen LogP contribution in [0, 0.1) is 17.0 Å². The highest BCUT2D eigenvalue weighted by atomic mass is 32.1. The van der Waals surface area contributed by atoms with Gasteiger partial charge < -0.3 is 4.74 Å². The van der Waals surface area contributed by atoms with Crippen LogP contribution in [0.15, 0.2) is 18.2 Å². The van der Waals surface area contributed by atoms with Gasteiger partial charge in [0.25, 0.3) is 5.69 Å². The fourth-order valence-corrected chi connectivity index (χ4v) is 1.16. The van der Waals surface area contributed by atoms with Crippen molar-refractivity contribution in [2.45, 2.75) is 6.92 Å². The molecule has 0 aliphatic carbocycles. The van der Waals surface area contributed by atoms with Crippen molar-refractivity contribution >= 4 is 18.3 Å². The van der Waals surface area contributed by atoms with Crippen LogP contribution in [0.2, 0.25) is 0 Å². The zero-order valence-corrected chi connectivity index (χ0v) is 8.66. The van der Waals surface area contributed by atoms with Gasteiger partial charge in [-0.1, -0.05) is 0 Å². The second-order valence-electron chi connectivity index (χ2n) is 2.78. The average Bonchev–Trinajstić information content (AvgIpc) is 2.15. The molecule has 4 nitrogen and oxygen atoms in total. The molecule has 1 aromatic rings. The predicted octanol–water partition coefficient (Wildman–Crippen LogP) is 2.21. The minimum atomic E-state index is -0.421. The maximum Gasteiger partial charge on any atom is 0.269 e. The number of benzene rings is 1. The molecule has 0 N–H and O–H groups in total. The van der Waals surface area contributed by atoms with Gasteiger partial charge in [0.05, 0.1) is 11.5 Å². The lowest BCUT2D eigenvalue weighted by molar-refractivity contribution is -0.384. The first-order chi connectivity index (χ1) is 6.65. The number of hydrogen-bond acceptors (Lipinski definition) is 4. The summed E-state index contributed by atoms with van der Waals surface area (Å²) in [6.07, 6.45) is 0. The van der Waals surface area contributed by atoms with Crippen molar-refractivity contribution in [3.63, 3.8) is 0 Å². The van der Waals surface area contributed by atoms with Gasteiger partial charge in [0.15, 0.2) is 0 Å². The van der Waals surface area contributed by atoms with Gasteiger partial charge in [0.2, 0.25) is 0 Å². The van der Waals surface area contributed by atoms with Crippen molar-refractivity contribution in [1.82, 2.24) is 0 Å². The molecule has 0 heterocycles. The molecule has 5 heteroatoms. The zero-order chi connectivity index (χ0) is 10.6. The van der Waals surface area contributed by atoms with Crippen LogP contribution in [-0.4, -0.2) is 17.3 Å². The van der Waals surface area contributed by atoms with Gasteiger partial charge in [-0.25, -0.2) is 0 Å². The first-order valence-electron chi connectivity index (χ1n) is 4.14. The van der Waals surface area contributed by atoms with E-state index in [4.69, 9.17) is 4.74 Å². The van der Waals surface area contributed by atoms with Crippen LogP contribution in [0.5, 0.6) is 5.75 Å². The zero-order valence-electron chi connectivity index (χ0n) is 7.77. The summed E-state index contributed by atoms with van der Waals surface area (Å²) in [5, 5.41) is 10.4. The number of thiol groups is 1. The SMILES string of the molecule is Cc1cc([N+](=O)[O-])ccc1OCCS. The van der Waals surface area contributed by atoms with E-state index in [1.807, 2.05) is 0 Å². The minimum absolute atomic E-state index is 0.0840.